The fraction of sp³-hybridized carbons (Fsp3) is 0.333. The maximum absolute atomic E-state index is 12.3. The van der Waals surface area contributed by atoms with Crippen LogP contribution in [0, 0.1) is 11.3 Å². The summed E-state index contributed by atoms with van der Waals surface area (Å²) < 4.78 is 1.34. The van der Waals surface area contributed by atoms with Crippen LogP contribution in [0.2, 0.25) is 5.02 Å². The number of hydrogen-bond acceptors (Lipinski definition) is 6. The number of nitrogen functional groups attached to an aromatic ring is 1. The molecule has 0 unspecified atom stereocenters. The summed E-state index contributed by atoms with van der Waals surface area (Å²) >= 11 is 7.20. The molecule has 1 heterocycles. The first-order valence-corrected chi connectivity index (χ1v) is 8.44. The molecular weight excluding hydrogens is 348 g/mol. The predicted molar refractivity (Wildman–Crippen MR) is 93.8 cm³/mol. The van der Waals surface area contributed by atoms with Crippen molar-refractivity contribution in [1.29, 1.82) is 5.26 Å². The zero-order valence-electron chi connectivity index (χ0n) is 13.3. The summed E-state index contributed by atoms with van der Waals surface area (Å²) in [6.45, 7) is 2.16. The van der Waals surface area contributed by atoms with Crippen LogP contribution in [0.3, 0.4) is 0 Å². The Morgan fingerprint density at radius 3 is 2.96 bits per heavy atom. The van der Waals surface area contributed by atoms with E-state index in [0.717, 1.165) is 5.56 Å². The van der Waals surface area contributed by atoms with Crippen LogP contribution in [0.4, 0.5) is 0 Å². The average molecular weight is 365 g/mol. The van der Waals surface area contributed by atoms with Crippen LogP contribution in [0.5, 0.6) is 0 Å². The number of halogens is 1. The number of nitrogens with two attached hydrogens (primary N) is 1. The lowest BCUT2D eigenvalue weighted by molar-refractivity contribution is -0.128. The van der Waals surface area contributed by atoms with Gasteiger partial charge in [0.2, 0.25) is 11.1 Å². The van der Waals surface area contributed by atoms with Gasteiger partial charge in [-0.3, -0.25) is 4.79 Å². The molecule has 0 aliphatic heterocycles. The molecule has 0 spiro atoms. The molecule has 7 nitrogen and oxygen atoms in total. The van der Waals surface area contributed by atoms with E-state index in [4.69, 9.17) is 22.7 Å². The third-order valence-corrected chi connectivity index (χ3v) is 4.59. The Morgan fingerprint density at radius 2 is 2.29 bits per heavy atom. The van der Waals surface area contributed by atoms with E-state index in [9.17, 15) is 4.79 Å². The van der Waals surface area contributed by atoms with Crippen LogP contribution in [0.1, 0.15) is 13.3 Å². The summed E-state index contributed by atoms with van der Waals surface area (Å²) in [7, 11) is 1.67. The van der Waals surface area contributed by atoms with Gasteiger partial charge in [-0.05, 0) is 19.1 Å². The number of nitriles is 1. The first-order chi connectivity index (χ1) is 11.4. The molecule has 2 N–H and O–H groups in total. The number of amides is 1. The van der Waals surface area contributed by atoms with Crippen LogP contribution in [-0.2, 0) is 4.79 Å². The maximum atomic E-state index is 12.3. The second-order valence-corrected chi connectivity index (χ2v) is 6.86. The first kappa shape index (κ1) is 18.1. The van der Waals surface area contributed by atoms with Gasteiger partial charge in [-0.1, -0.05) is 35.5 Å². The summed E-state index contributed by atoms with van der Waals surface area (Å²) in [6.07, 6.45) is 0.297. The Labute approximate surface area is 149 Å². The van der Waals surface area contributed by atoms with Gasteiger partial charge in [0, 0.05) is 24.2 Å². The predicted octanol–water partition coefficient (Wildman–Crippen LogP) is 2.16. The van der Waals surface area contributed by atoms with Gasteiger partial charge in [0.1, 0.15) is 0 Å². The van der Waals surface area contributed by atoms with Crippen LogP contribution < -0.4 is 5.84 Å². The lowest BCUT2D eigenvalue weighted by atomic mass is 10.2. The summed E-state index contributed by atoms with van der Waals surface area (Å²) in [6, 6.07) is 9.16. The van der Waals surface area contributed by atoms with Crippen LogP contribution in [-0.4, -0.2) is 44.5 Å². The van der Waals surface area contributed by atoms with E-state index in [1.165, 1.54) is 21.3 Å². The zero-order valence-corrected chi connectivity index (χ0v) is 14.9. The van der Waals surface area contributed by atoms with E-state index in [1.807, 2.05) is 12.1 Å². The lowest BCUT2D eigenvalue weighted by Gasteiger charge is -2.19. The number of thioether (sulfide) groups is 1. The van der Waals surface area contributed by atoms with Crippen molar-refractivity contribution in [2.45, 2.75) is 23.8 Å². The Morgan fingerprint density at radius 1 is 1.54 bits per heavy atom. The summed E-state index contributed by atoms with van der Waals surface area (Å²) in [5.41, 5.74) is 0.745. The molecule has 1 atom stereocenters. The van der Waals surface area contributed by atoms with Crippen LogP contribution in [0.15, 0.2) is 29.4 Å². The fourth-order valence-electron chi connectivity index (χ4n) is 2.03. The molecule has 0 aliphatic carbocycles. The largest absolute Gasteiger partial charge is 0.344 e. The van der Waals surface area contributed by atoms with Gasteiger partial charge in [0.25, 0.3) is 0 Å². The van der Waals surface area contributed by atoms with Gasteiger partial charge in [-0.2, -0.15) is 5.26 Å². The molecule has 0 fully saturated rings. The third-order valence-electron chi connectivity index (χ3n) is 3.31. The lowest BCUT2D eigenvalue weighted by Crippen LogP contribution is -2.34. The summed E-state index contributed by atoms with van der Waals surface area (Å²) in [5.74, 6) is 6.43. The smallest absolute Gasteiger partial charge is 0.235 e. The summed E-state index contributed by atoms with van der Waals surface area (Å²) in [4.78, 5) is 13.8. The molecule has 0 radical (unpaired) electrons. The molecule has 1 aromatic heterocycles. The minimum Gasteiger partial charge on any atom is -0.344 e. The highest BCUT2D eigenvalue weighted by Gasteiger charge is 2.22. The Hall–Kier alpha value is -2.24. The van der Waals surface area contributed by atoms with Gasteiger partial charge >= 0.3 is 0 Å². The number of benzene rings is 1. The molecule has 2 rings (SSSR count). The van der Waals surface area contributed by atoms with Gasteiger partial charge in [0.05, 0.1) is 17.7 Å². The standard InChI is InChI=1S/C15H17ClN6OS/c1-10(14(23)21(2)8-4-7-17)24-15-20-19-13(22(15)18)11-5-3-6-12(16)9-11/h3,5-6,9-10H,4,8,18H2,1-2H3/t10-/m1/s1. The maximum Gasteiger partial charge on any atom is 0.235 e. The monoisotopic (exact) mass is 364 g/mol. The molecule has 0 aliphatic rings. The Kier molecular flexibility index (Phi) is 6.06. The van der Waals surface area contributed by atoms with Gasteiger partial charge in [-0.25, -0.2) is 4.68 Å². The molecule has 0 saturated heterocycles. The van der Waals surface area contributed by atoms with Crippen molar-refractivity contribution < 1.29 is 4.79 Å². The number of carbonyl (C=O) groups is 1. The number of rotatable bonds is 6. The van der Waals surface area contributed by atoms with E-state index in [-0.39, 0.29) is 5.91 Å². The minimum atomic E-state index is -0.396. The molecule has 1 aromatic carbocycles. The van der Waals surface area contributed by atoms with Crippen molar-refractivity contribution in [1.82, 2.24) is 19.8 Å². The molecule has 0 saturated carbocycles. The van der Waals surface area contributed by atoms with Crippen molar-refractivity contribution in [2.75, 3.05) is 19.4 Å². The average Bonchev–Trinajstić information content (AvgIpc) is 2.92. The van der Waals surface area contributed by atoms with E-state index < -0.39 is 5.25 Å². The van der Waals surface area contributed by atoms with Crippen molar-refractivity contribution in [2.24, 2.45) is 0 Å². The van der Waals surface area contributed by atoms with Crippen LogP contribution in [0.25, 0.3) is 11.4 Å². The Balaban J connectivity index is 2.11. The van der Waals surface area contributed by atoms with Gasteiger partial charge in [0.15, 0.2) is 5.82 Å². The highest BCUT2D eigenvalue weighted by atomic mass is 35.5. The van der Waals surface area contributed by atoms with Gasteiger partial charge in [-0.15, -0.1) is 10.2 Å². The van der Waals surface area contributed by atoms with Crippen molar-refractivity contribution in [3.63, 3.8) is 0 Å². The second-order valence-electron chi connectivity index (χ2n) is 5.11. The van der Waals surface area contributed by atoms with E-state index >= 15 is 0 Å². The minimum absolute atomic E-state index is 0.0949. The fourth-order valence-corrected chi connectivity index (χ4v) is 3.10. The van der Waals surface area contributed by atoms with E-state index in [2.05, 4.69) is 10.2 Å². The third kappa shape index (κ3) is 4.19. The molecule has 1 amide bonds. The molecule has 2 aromatic rings. The quantitative estimate of drug-likeness (QED) is 0.622. The number of aromatic nitrogens is 3. The topological polar surface area (TPSA) is 101 Å². The van der Waals surface area contributed by atoms with Crippen molar-refractivity contribution >= 4 is 29.3 Å². The highest BCUT2D eigenvalue weighted by molar-refractivity contribution is 8.00. The molecule has 24 heavy (non-hydrogen) atoms. The first-order valence-electron chi connectivity index (χ1n) is 7.19. The number of nitrogens with zero attached hydrogens (tertiary/aromatic N) is 5. The summed E-state index contributed by atoms with van der Waals surface area (Å²) in [5, 5.41) is 17.3. The highest BCUT2D eigenvalue weighted by Crippen LogP contribution is 2.26. The molecular formula is C15H17ClN6OS. The number of hydrogen-bond donors (Lipinski definition) is 1. The van der Waals surface area contributed by atoms with E-state index in [0.29, 0.717) is 29.0 Å². The second kappa shape index (κ2) is 8.04. The Bertz CT molecular complexity index is 772. The molecule has 0 bridgehead atoms. The molecule has 126 valence electrons. The SMILES string of the molecule is C[C@@H](Sc1nnc(-c2cccc(Cl)c2)n1N)C(=O)N(C)CCC#N. The zero-order chi connectivity index (χ0) is 17.7. The number of carbonyl (C=O) groups excluding carboxylic acids is 1. The molecule has 9 heteroatoms. The van der Waals surface area contributed by atoms with Crippen LogP contribution >= 0.6 is 23.4 Å². The van der Waals surface area contributed by atoms with E-state index in [1.54, 1.807) is 32.2 Å². The van der Waals surface area contributed by atoms with Crippen molar-refractivity contribution in [3.05, 3.63) is 29.3 Å². The van der Waals surface area contributed by atoms with Gasteiger partial charge < -0.3 is 10.7 Å². The normalized spacial score (nSPS) is 11.8. The van der Waals surface area contributed by atoms with Crippen molar-refractivity contribution in [3.8, 4) is 17.5 Å².